The van der Waals surface area contributed by atoms with E-state index in [1.165, 1.54) is 31.3 Å². The molecule has 3 aromatic carbocycles. The van der Waals surface area contributed by atoms with Gasteiger partial charge in [-0.3, -0.25) is 4.79 Å². The van der Waals surface area contributed by atoms with Gasteiger partial charge in [-0.2, -0.15) is 0 Å². The topological polar surface area (TPSA) is 97.8 Å². The number of hydrogen-bond donors (Lipinski definition) is 1. The first-order valence-corrected chi connectivity index (χ1v) is 12.6. The number of carboxylic acids is 1. The molecular weight excluding hydrogens is 531 g/mol. The Labute approximate surface area is 229 Å². The third-order valence-corrected chi connectivity index (χ3v) is 7.08. The van der Waals surface area contributed by atoms with E-state index in [2.05, 4.69) is 0 Å². The number of rotatable bonds is 6. The second-order valence-electron chi connectivity index (χ2n) is 9.01. The van der Waals surface area contributed by atoms with Gasteiger partial charge in [-0.1, -0.05) is 29.8 Å². The smallest absolute Gasteiger partial charge is 0.337 e. The lowest BCUT2D eigenvalue weighted by molar-refractivity contribution is 0.0515. The molecule has 1 amide bonds. The maximum atomic E-state index is 15.4. The first kappa shape index (κ1) is 26.6. The Morgan fingerprint density at radius 1 is 1.00 bits per heavy atom. The summed E-state index contributed by atoms with van der Waals surface area (Å²) >= 11 is 6.37. The average molecular weight is 557 g/mol. The number of carboxylic acid groups (broad SMARTS) is 1. The van der Waals surface area contributed by atoms with Crippen LogP contribution in [0.5, 0.6) is 17.2 Å². The van der Waals surface area contributed by atoms with Gasteiger partial charge >= 0.3 is 5.97 Å². The van der Waals surface area contributed by atoms with Crippen LogP contribution in [0.1, 0.15) is 26.3 Å². The molecule has 1 saturated heterocycles. The largest absolute Gasteiger partial charge is 0.493 e. The number of para-hydroxylation sites is 1. The number of morpholine rings is 1. The van der Waals surface area contributed by atoms with Crippen molar-refractivity contribution in [1.29, 1.82) is 0 Å². The van der Waals surface area contributed by atoms with Crippen molar-refractivity contribution in [3.05, 3.63) is 70.0 Å². The number of fused-ring (bicyclic) bond motifs is 1. The van der Waals surface area contributed by atoms with E-state index in [0.29, 0.717) is 60.4 Å². The summed E-state index contributed by atoms with van der Waals surface area (Å²) in [7, 11) is 2.94. The van der Waals surface area contributed by atoms with E-state index in [-0.39, 0.29) is 40.9 Å². The Morgan fingerprint density at radius 3 is 2.41 bits per heavy atom. The number of anilines is 1. The number of carbonyl (C=O) groups excluding carboxylic acids is 1. The molecule has 2 heterocycles. The summed E-state index contributed by atoms with van der Waals surface area (Å²) in [6.45, 7) is 1.97. The quantitative estimate of drug-likeness (QED) is 0.467. The standard InChI is InChI=1S/C28H26ClFN2O7/c1-36-24-12-19(21(29)13-25(24)37-2)27(33)32-14-16-4-3-5-17(26(16)39-15-32)18-11-23(31-6-8-38-9-7-31)20(28(34)35)10-22(18)30/h3-5,10-13H,6-9,14-15H2,1-2H3,(H,34,35). The molecule has 39 heavy (non-hydrogen) atoms. The van der Waals surface area contributed by atoms with Crippen molar-refractivity contribution in [2.45, 2.75) is 6.54 Å². The number of hydrogen-bond acceptors (Lipinski definition) is 7. The van der Waals surface area contributed by atoms with Gasteiger partial charge in [-0.05, 0) is 18.2 Å². The second kappa shape index (κ2) is 11.0. The molecule has 2 aliphatic rings. The van der Waals surface area contributed by atoms with Gasteiger partial charge in [-0.25, -0.2) is 9.18 Å². The number of nitrogens with zero attached hydrogens (tertiary/aromatic N) is 2. The maximum Gasteiger partial charge on any atom is 0.337 e. The van der Waals surface area contributed by atoms with E-state index >= 15 is 4.39 Å². The highest BCUT2D eigenvalue weighted by atomic mass is 35.5. The van der Waals surface area contributed by atoms with Gasteiger partial charge < -0.3 is 33.9 Å². The highest BCUT2D eigenvalue weighted by Crippen LogP contribution is 2.41. The second-order valence-corrected chi connectivity index (χ2v) is 9.42. The minimum Gasteiger partial charge on any atom is -0.493 e. The molecule has 9 nitrogen and oxygen atoms in total. The number of methoxy groups -OCH3 is 2. The van der Waals surface area contributed by atoms with Gasteiger partial charge in [0.2, 0.25) is 0 Å². The van der Waals surface area contributed by atoms with Crippen molar-refractivity contribution in [3.8, 4) is 28.4 Å². The van der Waals surface area contributed by atoms with E-state index < -0.39 is 11.8 Å². The van der Waals surface area contributed by atoms with Crippen molar-refractivity contribution < 1.29 is 38.0 Å². The number of amides is 1. The Bertz CT molecular complexity index is 1440. The lowest BCUT2D eigenvalue weighted by Gasteiger charge is -2.32. The zero-order chi connectivity index (χ0) is 27.7. The molecular formula is C28H26ClFN2O7. The maximum absolute atomic E-state index is 15.4. The molecule has 1 fully saturated rings. The van der Waals surface area contributed by atoms with Crippen LogP contribution in [-0.2, 0) is 11.3 Å². The SMILES string of the molecule is COc1cc(Cl)c(C(=O)N2COc3c(cccc3-c3cc(N4CCOCC4)c(C(=O)O)cc3F)C2)cc1OC. The number of aromatic carboxylic acids is 1. The number of carbonyl (C=O) groups is 2. The van der Waals surface area contributed by atoms with Gasteiger partial charge in [0.15, 0.2) is 18.2 Å². The van der Waals surface area contributed by atoms with Crippen molar-refractivity contribution in [2.24, 2.45) is 0 Å². The number of halogens is 2. The zero-order valence-electron chi connectivity index (χ0n) is 21.3. The monoisotopic (exact) mass is 556 g/mol. The van der Waals surface area contributed by atoms with Gasteiger partial charge in [-0.15, -0.1) is 0 Å². The molecule has 0 aromatic heterocycles. The molecule has 11 heteroatoms. The minimum atomic E-state index is -1.21. The molecule has 0 atom stereocenters. The fraction of sp³-hybridized carbons (Fsp3) is 0.286. The normalized spacial score (nSPS) is 14.9. The van der Waals surface area contributed by atoms with Crippen molar-refractivity contribution >= 4 is 29.2 Å². The van der Waals surface area contributed by atoms with Crippen LogP contribution in [0.2, 0.25) is 5.02 Å². The van der Waals surface area contributed by atoms with Gasteiger partial charge in [0.05, 0.1) is 55.8 Å². The molecule has 1 N–H and O–H groups in total. The summed E-state index contributed by atoms with van der Waals surface area (Å²) in [5.74, 6) is -1.08. The van der Waals surface area contributed by atoms with E-state index in [1.807, 2.05) is 4.90 Å². The fourth-order valence-corrected chi connectivity index (χ4v) is 5.04. The number of benzene rings is 3. The molecule has 0 spiro atoms. The lowest BCUT2D eigenvalue weighted by atomic mass is 9.97. The van der Waals surface area contributed by atoms with Crippen molar-refractivity contribution in [3.63, 3.8) is 0 Å². The summed E-state index contributed by atoms with van der Waals surface area (Å²) in [4.78, 5) is 28.6. The van der Waals surface area contributed by atoms with Crippen LogP contribution in [0.15, 0.2) is 42.5 Å². The van der Waals surface area contributed by atoms with Crippen LogP contribution in [0.3, 0.4) is 0 Å². The van der Waals surface area contributed by atoms with Crippen molar-refractivity contribution in [2.75, 3.05) is 52.2 Å². The molecule has 3 aromatic rings. The Kier molecular flexibility index (Phi) is 7.49. The van der Waals surface area contributed by atoms with E-state index in [4.69, 9.17) is 30.5 Å². The molecule has 0 radical (unpaired) electrons. The Hall–Kier alpha value is -4.02. The first-order chi connectivity index (χ1) is 18.8. The summed E-state index contributed by atoms with van der Waals surface area (Å²) in [5, 5.41) is 9.92. The molecule has 0 bridgehead atoms. The fourth-order valence-electron chi connectivity index (χ4n) is 4.81. The first-order valence-electron chi connectivity index (χ1n) is 12.2. The molecule has 5 rings (SSSR count). The molecule has 0 unspecified atom stereocenters. The predicted molar refractivity (Wildman–Crippen MR) is 142 cm³/mol. The molecule has 0 saturated carbocycles. The molecule has 2 aliphatic heterocycles. The van der Waals surface area contributed by atoms with Crippen LogP contribution in [0.25, 0.3) is 11.1 Å². The summed E-state index contributed by atoms with van der Waals surface area (Å²) < 4.78 is 37.3. The zero-order valence-corrected chi connectivity index (χ0v) is 22.1. The highest BCUT2D eigenvalue weighted by Gasteiger charge is 2.29. The average Bonchev–Trinajstić information content (AvgIpc) is 2.96. The summed E-state index contributed by atoms with van der Waals surface area (Å²) in [6, 6.07) is 10.9. The van der Waals surface area contributed by atoms with Gasteiger partial charge in [0, 0.05) is 35.8 Å². The molecule has 0 aliphatic carbocycles. The van der Waals surface area contributed by atoms with Crippen LogP contribution < -0.4 is 19.1 Å². The number of ether oxygens (including phenoxy) is 4. The van der Waals surface area contributed by atoms with Crippen LogP contribution in [0, 0.1) is 5.82 Å². The highest BCUT2D eigenvalue weighted by molar-refractivity contribution is 6.34. The van der Waals surface area contributed by atoms with Gasteiger partial charge in [0.25, 0.3) is 5.91 Å². The van der Waals surface area contributed by atoms with E-state index in [0.717, 1.165) is 6.07 Å². The minimum absolute atomic E-state index is 0.0985. The Morgan fingerprint density at radius 2 is 1.72 bits per heavy atom. The summed E-state index contributed by atoms with van der Waals surface area (Å²) in [5.41, 5.74) is 1.86. The van der Waals surface area contributed by atoms with Crippen LogP contribution in [0.4, 0.5) is 10.1 Å². The van der Waals surface area contributed by atoms with E-state index in [9.17, 15) is 14.7 Å². The van der Waals surface area contributed by atoms with Crippen LogP contribution in [-0.4, -0.2) is 69.1 Å². The predicted octanol–water partition coefficient (Wildman–Crippen LogP) is 4.69. The van der Waals surface area contributed by atoms with Crippen molar-refractivity contribution in [1.82, 2.24) is 4.90 Å². The third-order valence-electron chi connectivity index (χ3n) is 6.77. The van der Waals surface area contributed by atoms with Gasteiger partial charge in [0.1, 0.15) is 11.6 Å². The lowest BCUT2D eigenvalue weighted by Crippen LogP contribution is -2.37. The van der Waals surface area contributed by atoms with E-state index in [1.54, 1.807) is 24.3 Å². The molecule has 204 valence electrons. The van der Waals surface area contributed by atoms with Crippen LogP contribution >= 0.6 is 11.6 Å². The third kappa shape index (κ3) is 5.05. The summed E-state index contributed by atoms with van der Waals surface area (Å²) in [6.07, 6.45) is 0. The Balaban J connectivity index is 1.48.